The lowest BCUT2D eigenvalue weighted by Crippen LogP contribution is -2.13. The molecule has 0 radical (unpaired) electrons. The van der Waals surface area contributed by atoms with Gasteiger partial charge in [0.25, 0.3) is 11.6 Å². The zero-order valence-electron chi connectivity index (χ0n) is 11.9. The van der Waals surface area contributed by atoms with Crippen LogP contribution >= 0.6 is 11.6 Å². The van der Waals surface area contributed by atoms with E-state index < -0.39 is 16.8 Å². The Labute approximate surface area is 136 Å². The molecule has 1 N–H and O–H groups in total. The molecule has 0 saturated heterocycles. The van der Waals surface area contributed by atoms with Crippen molar-refractivity contribution in [1.29, 1.82) is 0 Å². The van der Waals surface area contributed by atoms with Crippen molar-refractivity contribution in [3.8, 4) is 5.75 Å². The lowest BCUT2D eigenvalue weighted by atomic mass is 10.2. The number of nitrogens with zero attached hydrogens (tertiary/aromatic N) is 1. The van der Waals surface area contributed by atoms with Crippen molar-refractivity contribution in [3.05, 3.63) is 63.2 Å². The minimum atomic E-state index is -0.617. The van der Waals surface area contributed by atoms with Crippen LogP contribution in [0.4, 0.5) is 11.4 Å². The lowest BCUT2D eigenvalue weighted by molar-refractivity contribution is -0.384. The second-order valence-electron chi connectivity index (χ2n) is 4.50. The van der Waals surface area contributed by atoms with Gasteiger partial charge in [-0.1, -0.05) is 17.7 Å². The molecule has 23 heavy (non-hydrogen) atoms. The van der Waals surface area contributed by atoms with E-state index in [4.69, 9.17) is 16.3 Å². The van der Waals surface area contributed by atoms with Crippen LogP contribution in [0, 0.1) is 10.1 Å². The van der Waals surface area contributed by atoms with Gasteiger partial charge in [-0.2, -0.15) is 0 Å². The number of ether oxygens (including phenoxy) is 1. The van der Waals surface area contributed by atoms with E-state index in [-0.39, 0.29) is 22.0 Å². The maximum absolute atomic E-state index is 12.2. The van der Waals surface area contributed by atoms with Gasteiger partial charge in [0, 0.05) is 30.8 Å². The summed E-state index contributed by atoms with van der Waals surface area (Å²) >= 11 is 5.91. The minimum Gasteiger partial charge on any atom is -0.427 e. The normalized spacial score (nSPS) is 10.0. The topological polar surface area (TPSA) is 98.5 Å². The number of rotatable bonds is 4. The second-order valence-corrected chi connectivity index (χ2v) is 4.90. The van der Waals surface area contributed by atoms with Crippen LogP contribution < -0.4 is 10.1 Å². The fraction of sp³-hybridized carbons (Fsp3) is 0.0667. The van der Waals surface area contributed by atoms with Gasteiger partial charge in [-0.05, 0) is 18.2 Å². The standard InChI is InChI=1S/C15H11ClN2O5/c1-9(19)23-12-4-2-3-10(7-12)17-15(20)13-8-11(18(21)22)5-6-14(13)16/h2-8H,1H3,(H,17,20). The summed E-state index contributed by atoms with van der Waals surface area (Å²) in [6.45, 7) is 1.26. The number of hydrogen-bond donors (Lipinski definition) is 1. The highest BCUT2D eigenvalue weighted by atomic mass is 35.5. The van der Waals surface area contributed by atoms with Crippen molar-refractivity contribution in [2.45, 2.75) is 6.92 Å². The van der Waals surface area contributed by atoms with Crippen LogP contribution in [0.25, 0.3) is 0 Å². The highest BCUT2D eigenvalue weighted by molar-refractivity contribution is 6.34. The Morgan fingerprint density at radius 1 is 1.22 bits per heavy atom. The number of hydrogen-bond acceptors (Lipinski definition) is 5. The molecular formula is C15H11ClN2O5. The fourth-order valence-electron chi connectivity index (χ4n) is 1.80. The summed E-state index contributed by atoms with van der Waals surface area (Å²) in [5.41, 5.74) is 0.0864. The van der Waals surface area contributed by atoms with Gasteiger partial charge < -0.3 is 10.1 Å². The number of carbonyl (C=O) groups is 2. The van der Waals surface area contributed by atoms with E-state index in [9.17, 15) is 19.7 Å². The first-order chi connectivity index (χ1) is 10.9. The third kappa shape index (κ3) is 4.27. The average Bonchev–Trinajstić information content (AvgIpc) is 2.46. The molecule has 0 spiro atoms. The van der Waals surface area contributed by atoms with E-state index in [1.807, 2.05) is 0 Å². The summed E-state index contributed by atoms with van der Waals surface area (Å²) in [6, 6.07) is 9.75. The molecule has 2 rings (SSSR count). The fourth-order valence-corrected chi connectivity index (χ4v) is 2.01. The number of carbonyl (C=O) groups excluding carboxylic acids is 2. The van der Waals surface area contributed by atoms with E-state index in [1.165, 1.54) is 25.1 Å². The molecule has 0 unspecified atom stereocenters. The summed E-state index contributed by atoms with van der Waals surface area (Å²) in [5.74, 6) is -0.839. The maximum Gasteiger partial charge on any atom is 0.308 e. The Kier molecular flexibility index (Phi) is 4.92. The number of nitro benzene ring substituents is 1. The largest absolute Gasteiger partial charge is 0.427 e. The smallest absolute Gasteiger partial charge is 0.308 e. The number of amides is 1. The van der Waals surface area contributed by atoms with Crippen LogP contribution in [0.1, 0.15) is 17.3 Å². The van der Waals surface area contributed by atoms with Crippen LogP contribution in [0.15, 0.2) is 42.5 Å². The third-order valence-corrected chi connectivity index (χ3v) is 3.09. The summed E-state index contributed by atoms with van der Waals surface area (Å²) in [6.07, 6.45) is 0. The predicted octanol–water partition coefficient (Wildman–Crippen LogP) is 3.43. The monoisotopic (exact) mass is 334 g/mol. The van der Waals surface area contributed by atoms with Gasteiger partial charge in [-0.3, -0.25) is 19.7 Å². The molecule has 2 aromatic carbocycles. The molecule has 0 aromatic heterocycles. The first-order valence-corrected chi connectivity index (χ1v) is 6.78. The van der Waals surface area contributed by atoms with Crippen molar-refractivity contribution in [2.75, 3.05) is 5.32 Å². The summed E-state index contributed by atoms with van der Waals surface area (Å²) in [5, 5.41) is 13.4. The van der Waals surface area contributed by atoms with Gasteiger partial charge in [0.05, 0.1) is 15.5 Å². The molecule has 0 aliphatic rings. The summed E-state index contributed by atoms with van der Waals surface area (Å²) in [4.78, 5) is 33.3. The number of halogens is 1. The highest BCUT2D eigenvalue weighted by Gasteiger charge is 2.16. The predicted molar refractivity (Wildman–Crippen MR) is 83.8 cm³/mol. The van der Waals surface area contributed by atoms with Crippen LogP contribution in [-0.2, 0) is 4.79 Å². The molecule has 118 valence electrons. The van der Waals surface area contributed by atoms with Gasteiger partial charge in [0.15, 0.2) is 0 Å². The van der Waals surface area contributed by atoms with Crippen LogP contribution in [0.5, 0.6) is 5.75 Å². The Bertz CT molecular complexity index is 791. The second kappa shape index (κ2) is 6.89. The van der Waals surface area contributed by atoms with E-state index in [1.54, 1.807) is 18.2 Å². The Balaban J connectivity index is 2.24. The number of benzene rings is 2. The SMILES string of the molecule is CC(=O)Oc1cccc(NC(=O)c2cc([N+](=O)[O-])ccc2Cl)c1. The van der Waals surface area contributed by atoms with Gasteiger partial charge in [0.2, 0.25) is 0 Å². The summed E-state index contributed by atoms with van der Waals surface area (Å²) in [7, 11) is 0. The Morgan fingerprint density at radius 2 is 1.96 bits per heavy atom. The molecule has 8 heteroatoms. The van der Waals surface area contributed by atoms with Crippen molar-refractivity contribution in [2.24, 2.45) is 0 Å². The number of esters is 1. The van der Waals surface area contributed by atoms with Gasteiger partial charge in [0.1, 0.15) is 5.75 Å². The number of non-ortho nitro benzene ring substituents is 1. The van der Waals surface area contributed by atoms with E-state index in [2.05, 4.69) is 5.32 Å². The summed E-state index contributed by atoms with van der Waals surface area (Å²) < 4.78 is 4.91. The molecular weight excluding hydrogens is 324 g/mol. The molecule has 0 saturated carbocycles. The molecule has 0 fully saturated rings. The van der Waals surface area contributed by atoms with Gasteiger partial charge >= 0.3 is 5.97 Å². The number of anilines is 1. The first kappa shape index (κ1) is 16.4. The third-order valence-electron chi connectivity index (χ3n) is 2.76. The molecule has 1 amide bonds. The van der Waals surface area contributed by atoms with E-state index in [0.717, 1.165) is 6.07 Å². The molecule has 0 aliphatic heterocycles. The molecule has 0 heterocycles. The van der Waals surface area contributed by atoms with Crippen LogP contribution in [0.2, 0.25) is 5.02 Å². The van der Waals surface area contributed by atoms with Crippen LogP contribution in [-0.4, -0.2) is 16.8 Å². The van der Waals surface area contributed by atoms with Crippen molar-refractivity contribution >= 4 is 34.9 Å². The molecule has 0 bridgehead atoms. The molecule has 7 nitrogen and oxygen atoms in total. The zero-order chi connectivity index (χ0) is 17.0. The first-order valence-electron chi connectivity index (χ1n) is 6.40. The van der Waals surface area contributed by atoms with E-state index >= 15 is 0 Å². The Hall–Kier alpha value is -2.93. The average molecular weight is 335 g/mol. The van der Waals surface area contributed by atoms with Gasteiger partial charge in [-0.15, -0.1) is 0 Å². The minimum absolute atomic E-state index is 0.0289. The highest BCUT2D eigenvalue weighted by Crippen LogP contribution is 2.24. The van der Waals surface area contributed by atoms with Crippen molar-refractivity contribution in [3.63, 3.8) is 0 Å². The van der Waals surface area contributed by atoms with Crippen molar-refractivity contribution < 1.29 is 19.2 Å². The molecule has 0 atom stereocenters. The van der Waals surface area contributed by atoms with Crippen molar-refractivity contribution in [1.82, 2.24) is 0 Å². The van der Waals surface area contributed by atoms with Crippen LogP contribution in [0.3, 0.4) is 0 Å². The number of nitro groups is 1. The number of nitrogens with one attached hydrogen (secondary N) is 1. The maximum atomic E-state index is 12.2. The molecule has 2 aromatic rings. The van der Waals surface area contributed by atoms with E-state index in [0.29, 0.717) is 5.69 Å². The van der Waals surface area contributed by atoms with Gasteiger partial charge in [-0.25, -0.2) is 0 Å². The quantitative estimate of drug-likeness (QED) is 0.400. The lowest BCUT2D eigenvalue weighted by Gasteiger charge is -2.08. The molecule has 0 aliphatic carbocycles. The Morgan fingerprint density at radius 3 is 2.61 bits per heavy atom. The zero-order valence-corrected chi connectivity index (χ0v) is 12.7.